The fraction of sp³-hybridized carbons (Fsp3) is 0. The maximum Gasteiger partial charge on any atom is 0.168 e. The highest BCUT2D eigenvalue weighted by molar-refractivity contribution is 7.80. The van der Waals surface area contributed by atoms with Crippen molar-refractivity contribution in [1.82, 2.24) is 4.98 Å². The molecule has 0 unspecified atom stereocenters. The minimum absolute atomic E-state index is 0.0582. The number of nitrogens with two attached hydrogens (primary N) is 1. The lowest BCUT2D eigenvalue weighted by Gasteiger charge is -2.09. The predicted octanol–water partition coefficient (Wildman–Crippen LogP) is 3.98. The minimum Gasteiger partial charge on any atom is -0.504 e. The van der Waals surface area contributed by atoms with Crippen LogP contribution in [0.5, 0.6) is 5.75 Å². The number of rotatable bonds is 2. The molecule has 0 aliphatic carbocycles. The van der Waals surface area contributed by atoms with E-state index in [0.29, 0.717) is 5.69 Å². The summed E-state index contributed by atoms with van der Waals surface area (Å²) in [6.45, 7) is 0. The number of phenols is 1. The first-order chi connectivity index (χ1) is 10.0. The number of hydrogen-bond acceptors (Lipinski definition) is 4. The number of benzene rings is 2. The molecule has 2 aromatic carbocycles. The molecule has 0 radical (unpaired) electrons. The molecule has 0 saturated heterocycles. The molecule has 0 spiro atoms. The molecule has 7 heteroatoms. The zero-order chi connectivity index (χ0) is 15.0. The van der Waals surface area contributed by atoms with E-state index in [1.165, 1.54) is 0 Å². The van der Waals surface area contributed by atoms with Crippen molar-refractivity contribution in [2.24, 2.45) is 5.73 Å². The molecule has 0 atom stereocenters. The first-order valence-electron chi connectivity index (χ1n) is 5.99. The number of nitrogens with one attached hydrogen (secondary N) is 1. The Bertz CT molecular complexity index is 814. The number of aromatic hydroxyl groups is 1. The van der Waals surface area contributed by atoms with E-state index in [2.05, 4.69) is 10.3 Å². The van der Waals surface area contributed by atoms with Gasteiger partial charge in [0.1, 0.15) is 5.01 Å². The van der Waals surface area contributed by atoms with Crippen LogP contribution in [0.1, 0.15) is 0 Å². The Labute approximate surface area is 135 Å². The Kier molecular flexibility index (Phi) is 3.67. The van der Waals surface area contributed by atoms with Crippen molar-refractivity contribution in [3.63, 3.8) is 0 Å². The van der Waals surface area contributed by atoms with E-state index in [1.54, 1.807) is 23.5 Å². The van der Waals surface area contributed by atoms with E-state index in [1.807, 2.05) is 24.3 Å². The van der Waals surface area contributed by atoms with Gasteiger partial charge in [0, 0.05) is 5.56 Å². The third kappa shape index (κ3) is 2.78. The van der Waals surface area contributed by atoms with Crippen LogP contribution in [0.2, 0.25) is 5.02 Å². The van der Waals surface area contributed by atoms with Gasteiger partial charge in [0.25, 0.3) is 0 Å². The van der Waals surface area contributed by atoms with Gasteiger partial charge in [0.2, 0.25) is 0 Å². The number of anilines is 1. The van der Waals surface area contributed by atoms with Crippen LogP contribution in [-0.2, 0) is 0 Å². The average molecular weight is 336 g/mol. The number of para-hydroxylation sites is 1. The van der Waals surface area contributed by atoms with E-state index in [4.69, 9.17) is 29.6 Å². The number of fused-ring (bicyclic) bond motifs is 1. The van der Waals surface area contributed by atoms with E-state index in [9.17, 15) is 5.11 Å². The predicted molar refractivity (Wildman–Crippen MR) is 92.1 cm³/mol. The Balaban J connectivity index is 2.13. The molecule has 1 aromatic heterocycles. The quantitative estimate of drug-likeness (QED) is 0.488. The molecule has 0 aliphatic rings. The third-order valence-corrected chi connectivity index (χ3v) is 4.34. The summed E-state index contributed by atoms with van der Waals surface area (Å²) < 4.78 is 1.08. The summed E-state index contributed by atoms with van der Waals surface area (Å²) in [6.07, 6.45) is 0. The van der Waals surface area contributed by atoms with Gasteiger partial charge in [-0.15, -0.1) is 11.3 Å². The number of thiazole rings is 1. The van der Waals surface area contributed by atoms with Crippen LogP contribution in [0.3, 0.4) is 0 Å². The van der Waals surface area contributed by atoms with Crippen molar-refractivity contribution in [2.45, 2.75) is 0 Å². The van der Waals surface area contributed by atoms with Gasteiger partial charge in [-0.05, 0) is 36.5 Å². The molecule has 0 amide bonds. The standard InChI is InChI=1S/C14H10ClN3OS2/c15-8-5-7(6-10(12(8)19)18-14(16)20)13-17-9-3-1-2-4-11(9)21-13/h1-6,19H,(H3,16,18,20). The van der Waals surface area contributed by atoms with Crippen molar-refractivity contribution < 1.29 is 5.11 Å². The molecule has 21 heavy (non-hydrogen) atoms. The van der Waals surface area contributed by atoms with Crippen molar-refractivity contribution in [3.05, 3.63) is 41.4 Å². The van der Waals surface area contributed by atoms with Crippen LogP contribution in [0.4, 0.5) is 5.69 Å². The van der Waals surface area contributed by atoms with Crippen LogP contribution in [0.25, 0.3) is 20.8 Å². The van der Waals surface area contributed by atoms with E-state index >= 15 is 0 Å². The van der Waals surface area contributed by atoms with Gasteiger partial charge in [-0.25, -0.2) is 4.98 Å². The molecule has 3 rings (SSSR count). The molecule has 3 aromatic rings. The summed E-state index contributed by atoms with van der Waals surface area (Å²) in [7, 11) is 0. The second-order valence-corrected chi connectivity index (χ2v) is 6.21. The number of hydrogen-bond donors (Lipinski definition) is 3. The molecular formula is C14H10ClN3OS2. The highest BCUT2D eigenvalue weighted by Crippen LogP contribution is 2.39. The first kappa shape index (κ1) is 14.1. The molecule has 4 nitrogen and oxygen atoms in total. The summed E-state index contributed by atoms with van der Waals surface area (Å²) in [4.78, 5) is 4.56. The van der Waals surface area contributed by atoms with Gasteiger partial charge in [-0.2, -0.15) is 0 Å². The lowest BCUT2D eigenvalue weighted by molar-refractivity contribution is 0.478. The van der Waals surface area contributed by atoms with Crippen molar-refractivity contribution >= 4 is 56.2 Å². The molecule has 0 aliphatic heterocycles. The van der Waals surface area contributed by atoms with Gasteiger partial charge in [0.15, 0.2) is 10.9 Å². The fourth-order valence-corrected chi connectivity index (χ4v) is 3.23. The second-order valence-electron chi connectivity index (χ2n) is 4.33. The Hall–Kier alpha value is -1.89. The first-order valence-corrected chi connectivity index (χ1v) is 7.60. The number of aromatic nitrogens is 1. The molecule has 0 fully saturated rings. The van der Waals surface area contributed by atoms with Gasteiger partial charge < -0.3 is 16.2 Å². The number of phenolic OH excluding ortho intramolecular Hbond substituents is 1. The van der Waals surface area contributed by atoms with Crippen LogP contribution >= 0.6 is 35.2 Å². The number of nitrogens with zero attached hydrogens (tertiary/aromatic N) is 1. The Morgan fingerprint density at radius 2 is 2.10 bits per heavy atom. The molecule has 0 saturated carbocycles. The zero-order valence-corrected chi connectivity index (χ0v) is 13.0. The summed E-state index contributed by atoms with van der Waals surface area (Å²) in [6, 6.07) is 11.2. The van der Waals surface area contributed by atoms with Crippen molar-refractivity contribution in [3.8, 4) is 16.3 Å². The van der Waals surface area contributed by atoms with Gasteiger partial charge in [0.05, 0.1) is 20.9 Å². The maximum absolute atomic E-state index is 9.93. The van der Waals surface area contributed by atoms with Crippen LogP contribution in [0, 0.1) is 0 Å². The van der Waals surface area contributed by atoms with E-state index in [0.717, 1.165) is 20.8 Å². The number of thiocarbonyl (C=S) groups is 1. The largest absolute Gasteiger partial charge is 0.504 e. The molecule has 106 valence electrons. The SMILES string of the molecule is NC(=S)Nc1cc(-c2nc3ccccc3s2)cc(Cl)c1O. The monoisotopic (exact) mass is 335 g/mol. The molecule has 0 bridgehead atoms. The maximum atomic E-state index is 9.93. The normalized spacial score (nSPS) is 10.7. The lowest BCUT2D eigenvalue weighted by atomic mass is 10.2. The lowest BCUT2D eigenvalue weighted by Crippen LogP contribution is -2.19. The average Bonchev–Trinajstić information content (AvgIpc) is 2.87. The minimum atomic E-state index is -0.0886. The fourth-order valence-electron chi connectivity index (χ4n) is 1.95. The zero-order valence-electron chi connectivity index (χ0n) is 10.6. The molecular weight excluding hydrogens is 326 g/mol. The number of halogens is 1. The molecule has 4 N–H and O–H groups in total. The van der Waals surface area contributed by atoms with Crippen molar-refractivity contribution in [1.29, 1.82) is 0 Å². The van der Waals surface area contributed by atoms with Crippen LogP contribution < -0.4 is 11.1 Å². The van der Waals surface area contributed by atoms with Crippen LogP contribution in [-0.4, -0.2) is 15.2 Å². The summed E-state index contributed by atoms with van der Waals surface area (Å²) in [5.41, 5.74) is 7.52. The Morgan fingerprint density at radius 3 is 2.81 bits per heavy atom. The smallest absolute Gasteiger partial charge is 0.168 e. The van der Waals surface area contributed by atoms with E-state index in [-0.39, 0.29) is 15.9 Å². The van der Waals surface area contributed by atoms with Gasteiger partial charge in [-0.1, -0.05) is 23.7 Å². The third-order valence-electron chi connectivity index (χ3n) is 2.86. The second kappa shape index (κ2) is 5.48. The highest BCUT2D eigenvalue weighted by Gasteiger charge is 2.13. The molecule has 1 heterocycles. The highest BCUT2D eigenvalue weighted by atomic mass is 35.5. The topological polar surface area (TPSA) is 71.2 Å². The van der Waals surface area contributed by atoms with Crippen LogP contribution in [0.15, 0.2) is 36.4 Å². The van der Waals surface area contributed by atoms with Gasteiger partial charge >= 0.3 is 0 Å². The summed E-state index contributed by atoms with van der Waals surface area (Å²) in [5.74, 6) is -0.0886. The van der Waals surface area contributed by atoms with Crippen molar-refractivity contribution in [2.75, 3.05) is 5.32 Å². The Morgan fingerprint density at radius 1 is 1.33 bits per heavy atom. The summed E-state index contributed by atoms with van der Waals surface area (Å²) in [5, 5.41) is 13.7. The summed E-state index contributed by atoms with van der Waals surface area (Å²) >= 11 is 12.4. The van der Waals surface area contributed by atoms with E-state index < -0.39 is 0 Å². The van der Waals surface area contributed by atoms with Gasteiger partial charge in [-0.3, -0.25) is 0 Å².